The van der Waals surface area contributed by atoms with Crippen LogP contribution in [-0.2, 0) is 9.59 Å². The second-order valence-electron chi connectivity index (χ2n) is 7.66. The third-order valence-electron chi connectivity index (χ3n) is 5.41. The maximum absolute atomic E-state index is 12.9. The van der Waals surface area contributed by atoms with Crippen molar-refractivity contribution in [1.82, 2.24) is 9.80 Å². The Kier molecular flexibility index (Phi) is 7.38. The molecule has 2 aliphatic heterocycles. The first-order valence-corrected chi connectivity index (χ1v) is 12.2. The molecule has 2 aliphatic rings. The predicted octanol–water partition coefficient (Wildman–Crippen LogP) is 4.34. The van der Waals surface area contributed by atoms with Crippen molar-refractivity contribution in [3.63, 3.8) is 0 Å². The van der Waals surface area contributed by atoms with Crippen LogP contribution in [-0.4, -0.2) is 59.6 Å². The third-order valence-corrected chi connectivity index (χ3v) is 6.81. The molecule has 0 aliphatic carbocycles. The molecule has 0 radical (unpaired) electrons. The van der Waals surface area contributed by atoms with E-state index in [1.54, 1.807) is 47.4 Å². The smallest absolute Gasteiger partial charge is 0.343 e. The van der Waals surface area contributed by atoms with Crippen molar-refractivity contribution in [2.45, 2.75) is 12.8 Å². The largest absolute Gasteiger partial charge is 0.497 e. The summed E-state index contributed by atoms with van der Waals surface area (Å²) in [6, 6.07) is 11.5. The van der Waals surface area contributed by atoms with Crippen LogP contribution >= 0.6 is 27.7 Å². The second-order valence-corrected chi connectivity index (χ2v) is 9.56. The van der Waals surface area contributed by atoms with Gasteiger partial charge in [-0.05, 0) is 73.1 Å². The van der Waals surface area contributed by atoms with E-state index in [0.29, 0.717) is 34.4 Å². The molecule has 0 atom stereocenters. The lowest BCUT2D eigenvalue weighted by Crippen LogP contribution is -2.40. The van der Waals surface area contributed by atoms with Gasteiger partial charge in [0.2, 0.25) is 5.91 Å². The van der Waals surface area contributed by atoms with Gasteiger partial charge in [-0.25, -0.2) is 4.79 Å². The van der Waals surface area contributed by atoms with E-state index in [-0.39, 0.29) is 23.1 Å². The molecule has 2 aromatic rings. The molecule has 4 rings (SSSR count). The summed E-state index contributed by atoms with van der Waals surface area (Å²) in [7, 11) is 1.53. The maximum atomic E-state index is 12.9. The number of esters is 1. The van der Waals surface area contributed by atoms with Gasteiger partial charge in [0.15, 0.2) is 0 Å². The van der Waals surface area contributed by atoms with Gasteiger partial charge >= 0.3 is 5.97 Å². The number of hydrogen-bond acceptors (Lipinski definition) is 7. The van der Waals surface area contributed by atoms with Crippen LogP contribution in [0.5, 0.6) is 11.5 Å². The topological polar surface area (TPSA) is 93.2 Å². The third kappa shape index (κ3) is 5.34. The van der Waals surface area contributed by atoms with Crippen LogP contribution in [0.4, 0.5) is 4.79 Å². The molecule has 10 heteroatoms. The van der Waals surface area contributed by atoms with Gasteiger partial charge in [0.25, 0.3) is 11.1 Å². The van der Waals surface area contributed by atoms with Gasteiger partial charge in [0.1, 0.15) is 18.0 Å². The van der Waals surface area contributed by atoms with E-state index in [1.165, 1.54) is 13.2 Å². The van der Waals surface area contributed by atoms with E-state index < -0.39 is 17.1 Å². The molecule has 0 bridgehead atoms. The predicted molar refractivity (Wildman–Crippen MR) is 131 cm³/mol. The van der Waals surface area contributed by atoms with Gasteiger partial charge in [-0.15, -0.1) is 0 Å². The lowest BCUT2D eigenvalue weighted by molar-refractivity contribution is -0.135. The highest BCUT2D eigenvalue weighted by Gasteiger charge is 2.37. The number of rotatable bonds is 6. The summed E-state index contributed by atoms with van der Waals surface area (Å²) in [5.41, 5.74) is 0.767. The molecule has 0 saturated carbocycles. The molecule has 0 unspecified atom stereocenters. The minimum atomic E-state index is -0.580. The highest BCUT2D eigenvalue weighted by molar-refractivity contribution is 9.10. The Balaban J connectivity index is 1.53. The minimum absolute atomic E-state index is 0.152. The van der Waals surface area contributed by atoms with Gasteiger partial charge in [-0.1, -0.05) is 15.9 Å². The van der Waals surface area contributed by atoms with Crippen LogP contribution in [0.15, 0.2) is 51.8 Å². The van der Waals surface area contributed by atoms with Gasteiger partial charge in [-0.3, -0.25) is 19.3 Å². The molecular weight excluding hydrogens is 524 g/mol. The van der Waals surface area contributed by atoms with Crippen LogP contribution in [0, 0.1) is 0 Å². The number of carbonyl (C=O) groups excluding carboxylic acids is 4. The van der Waals surface area contributed by atoms with Crippen molar-refractivity contribution in [3.8, 4) is 11.5 Å². The zero-order valence-corrected chi connectivity index (χ0v) is 20.7. The van der Waals surface area contributed by atoms with Crippen molar-refractivity contribution >= 4 is 56.8 Å². The Morgan fingerprint density at radius 1 is 1.09 bits per heavy atom. The van der Waals surface area contributed by atoms with E-state index in [0.717, 1.165) is 29.5 Å². The highest BCUT2D eigenvalue weighted by atomic mass is 79.9. The molecule has 0 spiro atoms. The highest BCUT2D eigenvalue weighted by Crippen LogP contribution is 2.35. The Morgan fingerprint density at radius 2 is 1.79 bits per heavy atom. The molecule has 2 fully saturated rings. The number of halogens is 1. The van der Waals surface area contributed by atoms with Gasteiger partial charge in [0.05, 0.1) is 17.6 Å². The van der Waals surface area contributed by atoms with Crippen molar-refractivity contribution in [3.05, 3.63) is 63.0 Å². The molecule has 2 heterocycles. The average Bonchev–Trinajstić information content (AvgIpc) is 3.46. The Hall–Kier alpha value is -3.11. The molecular formula is C24H21BrN2O6S. The number of carbonyl (C=O) groups is 4. The summed E-state index contributed by atoms with van der Waals surface area (Å²) >= 11 is 4.13. The zero-order chi connectivity index (χ0) is 24.2. The summed E-state index contributed by atoms with van der Waals surface area (Å²) in [4.78, 5) is 53.2. The normalized spacial score (nSPS) is 16.9. The van der Waals surface area contributed by atoms with E-state index >= 15 is 0 Å². The fourth-order valence-corrected chi connectivity index (χ4v) is 4.80. The molecule has 34 heavy (non-hydrogen) atoms. The lowest BCUT2D eigenvalue weighted by Gasteiger charge is -2.18. The number of nitrogens with zero attached hydrogens (tertiary/aromatic N) is 2. The van der Waals surface area contributed by atoms with Gasteiger partial charge < -0.3 is 14.4 Å². The number of methoxy groups -OCH3 is 1. The SMILES string of the molecule is COc1ccc(C(=O)Oc2ccc(Br)cc2/C=C2\SC(=O)N(CC(=O)N3CCCC3)C2=O)cc1. The van der Waals surface area contributed by atoms with Crippen LogP contribution in [0.1, 0.15) is 28.8 Å². The minimum Gasteiger partial charge on any atom is -0.497 e. The standard InChI is InChI=1S/C24H21BrN2O6S/c1-32-18-7-4-15(5-8-18)23(30)33-19-9-6-17(25)12-16(19)13-20-22(29)27(24(31)34-20)14-21(28)26-10-2-3-11-26/h4-9,12-13H,2-3,10-11,14H2,1H3/b20-13-. The molecule has 176 valence electrons. The Labute approximate surface area is 209 Å². The first-order valence-electron chi connectivity index (χ1n) is 10.5. The number of benzene rings is 2. The molecule has 8 nitrogen and oxygen atoms in total. The van der Waals surface area contributed by atoms with Crippen LogP contribution < -0.4 is 9.47 Å². The summed E-state index contributed by atoms with van der Waals surface area (Å²) in [5.74, 6) is -0.528. The molecule has 0 aromatic heterocycles. The number of thioether (sulfide) groups is 1. The van der Waals surface area contributed by atoms with Crippen LogP contribution in [0.25, 0.3) is 6.08 Å². The summed E-state index contributed by atoms with van der Waals surface area (Å²) in [6.07, 6.45) is 3.34. The molecule has 2 saturated heterocycles. The van der Waals surface area contributed by atoms with Crippen LogP contribution in [0.2, 0.25) is 0 Å². The quantitative estimate of drug-likeness (QED) is 0.303. The van der Waals surface area contributed by atoms with E-state index in [9.17, 15) is 19.2 Å². The van der Waals surface area contributed by atoms with Crippen molar-refractivity contribution in [2.75, 3.05) is 26.7 Å². The fraction of sp³-hybridized carbons (Fsp3) is 0.250. The zero-order valence-electron chi connectivity index (χ0n) is 18.3. The average molecular weight is 545 g/mol. The number of imide groups is 1. The molecule has 2 aromatic carbocycles. The van der Waals surface area contributed by atoms with Crippen molar-refractivity contribution in [1.29, 1.82) is 0 Å². The number of amides is 3. The monoisotopic (exact) mass is 544 g/mol. The van der Waals surface area contributed by atoms with Crippen molar-refractivity contribution < 1.29 is 28.7 Å². The van der Waals surface area contributed by atoms with Crippen LogP contribution in [0.3, 0.4) is 0 Å². The first kappa shape index (κ1) is 24.0. The van der Waals surface area contributed by atoms with Gasteiger partial charge in [-0.2, -0.15) is 0 Å². The van der Waals surface area contributed by atoms with Gasteiger partial charge in [0, 0.05) is 23.1 Å². The Morgan fingerprint density at radius 3 is 2.47 bits per heavy atom. The molecule has 0 N–H and O–H groups in total. The summed E-state index contributed by atoms with van der Waals surface area (Å²) in [6.45, 7) is 1.01. The second kappa shape index (κ2) is 10.4. The van der Waals surface area contributed by atoms with Crippen molar-refractivity contribution in [2.24, 2.45) is 0 Å². The Bertz CT molecular complexity index is 1170. The fourth-order valence-electron chi connectivity index (χ4n) is 3.59. The number of ether oxygens (including phenoxy) is 2. The number of likely N-dealkylation sites (tertiary alicyclic amines) is 1. The lowest BCUT2D eigenvalue weighted by atomic mass is 10.1. The first-order chi connectivity index (χ1) is 16.4. The summed E-state index contributed by atoms with van der Waals surface area (Å²) < 4.78 is 11.4. The maximum Gasteiger partial charge on any atom is 0.343 e. The summed E-state index contributed by atoms with van der Waals surface area (Å²) in [5, 5.41) is -0.504. The van der Waals surface area contributed by atoms with E-state index in [2.05, 4.69) is 15.9 Å². The number of hydrogen-bond donors (Lipinski definition) is 0. The van der Waals surface area contributed by atoms with E-state index in [4.69, 9.17) is 9.47 Å². The van der Waals surface area contributed by atoms with E-state index in [1.807, 2.05) is 0 Å². The molecule has 3 amide bonds.